The van der Waals surface area contributed by atoms with Gasteiger partial charge in [0.05, 0.1) is 4.88 Å². The summed E-state index contributed by atoms with van der Waals surface area (Å²) in [6.45, 7) is 0.499. The zero-order chi connectivity index (χ0) is 17.1. The van der Waals surface area contributed by atoms with Crippen molar-refractivity contribution in [2.45, 2.75) is 13.1 Å². The van der Waals surface area contributed by atoms with Crippen LogP contribution in [-0.4, -0.2) is 32.6 Å². The molecule has 3 rings (SSSR count). The molecule has 5 nitrogen and oxygen atoms in total. The second-order valence-electron chi connectivity index (χ2n) is 5.29. The lowest BCUT2D eigenvalue weighted by Gasteiger charge is -2.18. The third-order valence-corrected chi connectivity index (χ3v) is 4.73. The van der Waals surface area contributed by atoms with Gasteiger partial charge in [0.1, 0.15) is 12.4 Å². The number of aromatic nitrogens is 3. The van der Waals surface area contributed by atoms with Crippen molar-refractivity contribution in [2.75, 3.05) is 7.05 Å². The van der Waals surface area contributed by atoms with Crippen molar-refractivity contribution in [1.82, 2.24) is 19.7 Å². The largest absolute Gasteiger partial charge is 0.340 e. The molecule has 1 N–H and O–H groups in total. The molecule has 0 aliphatic heterocycles. The molecule has 0 saturated heterocycles. The number of likely N-dealkylation sites (N-methyl/N-ethyl adjacent to an activating group) is 1. The van der Waals surface area contributed by atoms with Crippen LogP contribution in [0.2, 0.25) is 0 Å². The Balaban J connectivity index is 1.74. The van der Waals surface area contributed by atoms with E-state index >= 15 is 0 Å². The highest BCUT2D eigenvalue weighted by molar-refractivity contribution is 7.71. The number of rotatable bonds is 5. The van der Waals surface area contributed by atoms with Gasteiger partial charge < -0.3 is 4.90 Å². The number of nitrogens with one attached hydrogen (secondary N) is 1. The SMILES string of the molecule is CN(Cc1ccc(F)cc1)C(=O)Cn1c(-c2cccs2)n[nH]c1=S. The number of amides is 1. The molecule has 0 fully saturated rings. The maximum absolute atomic E-state index is 13.0. The lowest BCUT2D eigenvalue weighted by Crippen LogP contribution is -2.30. The van der Waals surface area contributed by atoms with Crippen LogP contribution in [0.15, 0.2) is 41.8 Å². The summed E-state index contributed by atoms with van der Waals surface area (Å²) < 4.78 is 15.0. The van der Waals surface area contributed by atoms with Crippen LogP contribution in [0.4, 0.5) is 4.39 Å². The molecule has 124 valence electrons. The van der Waals surface area contributed by atoms with Crippen molar-refractivity contribution in [1.29, 1.82) is 0 Å². The summed E-state index contributed by atoms with van der Waals surface area (Å²) in [4.78, 5) is 15.0. The molecule has 2 heterocycles. The fourth-order valence-electron chi connectivity index (χ4n) is 2.27. The molecular formula is C16H15FN4OS2. The van der Waals surface area contributed by atoms with E-state index in [9.17, 15) is 9.18 Å². The quantitative estimate of drug-likeness (QED) is 0.707. The number of thiophene rings is 1. The molecule has 1 amide bonds. The van der Waals surface area contributed by atoms with E-state index < -0.39 is 0 Å². The first-order chi connectivity index (χ1) is 11.5. The summed E-state index contributed by atoms with van der Waals surface area (Å²) >= 11 is 6.77. The number of halogens is 1. The Morgan fingerprint density at radius 1 is 1.38 bits per heavy atom. The zero-order valence-electron chi connectivity index (χ0n) is 12.9. The predicted molar refractivity (Wildman–Crippen MR) is 93.6 cm³/mol. The monoisotopic (exact) mass is 362 g/mol. The Morgan fingerprint density at radius 2 is 2.12 bits per heavy atom. The standard InChI is InChI=1S/C16H15FN4OS2/c1-20(9-11-4-6-12(17)7-5-11)14(22)10-21-15(18-19-16(21)23)13-3-2-8-24-13/h2-8H,9-10H2,1H3,(H,19,23). The minimum absolute atomic E-state index is 0.0975. The molecule has 8 heteroatoms. The normalized spacial score (nSPS) is 10.8. The molecule has 0 radical (unpaired) electrons. The average molecular weight is 362 g/mol. The molecular weight excluding hydrogens is 347 g/mol. The first kappa shape index (κ1) is 16.5. The van der Waals surface area contributed by atoms with E-state index in [2.05, 4.69) is 10.2 Å². The van der Waals surface area contributed by atoms with Crippen LogP contribution in [0.25, 0.3) is 10.7 Å². The van der Waals surface area contributed by atoms with Crippen molar-refractivity contribution in [2.24, 2.45) is 0 Å². The maximum Gasteiger partial charge on any atom is 0.242 e. The predicted octanol–water partition coefficient (Wildman–Crippen LogP) is 3.47. The van der Waals surface area contributed by atoms with Crippen molar-refractivity contribution < 1.29 is 9.18 Å². The second kappa shape index (κ2) is 7.06. The Morgan fingerprint density at radius 3 is 2.79 bits per heavy atom. The van der Waals surface area contributed by atoms with Gasteiger partial charge >= 0.3 is 0 Å². The van der Waals surface area contributed by atoms with Gasteiger partial charge in [0.25, 0.3) is 0 Å². The van der Waals surface area contributed by atoms with Gasteiger partial charge in [0.2, 0.25) is 5.91 Å². The molecule has 1 aromatic carbocycles. The number of benzene rings is 1. The van der Waals surface area contributed by atoms with Crippen LogP contribution in [0, 0.1) is 10.6 Å². The van der Waals surface area contributed by atoms with E-state index in [4.69, 9.17) is 12.2 Å². The number of hydrogen-bond donors (Lipinski definition) is 1. The average Bonchev–Trinajstić information content (AvgIpc) is 3.20. The topological polar surface area (TPSA) is 53.9 Å². The van der Waals surface area contributed by atoms with Crippen LogP contribution in [-0.2, 0) is 17.9 Å². The van der Waals surface area contributed by atoms with Gasteiger partial charge in [0.15, 0.2) is 10.6 Å². The van der Waals surface area contributed by atoms with Gasteiger partial charge in [-0.05, 0) is 41.4 Å². The highest BCUT2D eigenvalue weighted by Gasteiger charge is 2.16. The minimum Gasteiger partial charge on any atom is -0.340 e. The molecule has 0 aliphatic rings. The summed E-state index contributed by atoms with van der Waals surface area (Å²) in [7, 11) is 1.71. The minimum atomic E-state index is -0.293. The summed E-state index contributed by atoms with van der Waals surface area (Å²) in [5.74, 6) is 0.256. The van der Waals surface area contributed by atoms with Crippen molar-refractivity contribution >= 4 is 29.5 Å². The maximum atomic E-state index is 13.0. The zero-order valence-corrected chi connectivity index (χ0v) is 14.5. The van der Waals surface area contributed by atoms with Crippen LogP contribution in [0.3, 0.4) is 0 Å². The highest BCUT2D eigenvalue weighted by Crippen LogP contribution is 2.22. The van der Waals surface area contributed by atoms with E-state index in [1.807, 2.05) is 17.5 Å². The number of aromatic amines is 1. The van der Waals surface area contributed by atoms with Crippen LogP contribution in [0.1, 0.15) is 5.56 Å². The Hall–Kier alpha value is -2.32. The molecule has 0 aliphatic carbocycles. The Bertz CT molecular complexity index is 884. The molecule has 24 heavy (non-hydrogen) atoms. The van der Waals surface area contributed by atoms with Gasteiger partial charge in [-0.25, -0.2) is 4.39 Å². The third kappa shape index (κ3) is 3.60. The summed E-state index contributed by atoms with van der Waals surface area (Å²) in [6.07, 6.45) is 0. The number of nitrogens with zero attached hydrogens (tertiary/aromatic N) is 3. The van der Waals surface area contributed by atoms with E-state index in [0.29, 0.717) is 17.1 Å². The molecule has 0 spiro atoms. The molecule has 3 aromatic rings. The fourth-order valence-corrected chi connectivity index (χ4v) is 3.18. The summed E-state index contributed by atoms with van der Waals surface area (Å²) in [5.41, 5.74) is 0.863. The van der Waals surface area contributed by atoms with E-state index in [-0.39, 0.29) is 18.3 Å². The smallest absolute Gasteiger partial charge is 0.242 e. The van der Waals surface area contributed by atoms with Gasteiger partial charge in [-0.2, -0.15) is 5.10 Å². The number of H-pyrrole nitrogens is 1. The van der Waals surface area contributed by atoms with E-state index in [1.54, 1.807) is 28.6 Å². The van der Waals surface area contributed by atoms with Gasteiger partial charge in [-0.1, -0.05) is 18.2 Å². The lowest BCUT2D eigenvalue weighted by atomic mass is 10.2. The van der Waals surface area contributed by atoms with Crippen molar-refractivity contribution in [3.8, 4) is 10.7 Å². The van der Waals surface area contributed by atoms with Crippen molar-refractivity contribution in [3.05, 3.63) is 57.9 Å². The lowest BCUT2D eigenvalue weighted by molar-refractivity contribution is -0.131. The fraction of sp³-hybridized carbons (Fsp3) is 0.188. The summed E-state index contributed by atoms with van der Waals surface area (Å²) in [6, 6.07) is 9.95. The first-order valence-electron chi connectivity index (χ1n) is 7.22. The first-order valence-corrected chi connectivity index (χ1v) is 8.51. The number of hydrogen-bond acceptors (Lipinski definition) is 4. The number of carbonyl (C=O) groups is 1. The Labute approximate surface area is 147 Å². The third-order valence-electron chi connectivity index (χ3n) is 3.55. The van der Waals surface area contributed by atoms with Crippen LogP contribution >= 0.6 is 23.6 Å². The molecule has 0 bridgehead atoms. The van der Waals surface area contributed by atoms with E-state index in [1.165, 1.54) is 23.5 Å². The van der Waals surface area contributed by atoms with Gasteiger partial charge in [-0.3, -0.25) is 14.5 Å². The van der Waals surface area contributed by atoms with Gasteiger partial charge in [-0.15, -0.1) is 11.3 Å². The van der Waals surface area contributed by atoms with Crippen LogP contribution < -0.4 is 0 Å². The van der Waals surface area contributed by atoms with Crippen molar-refractivity contribution in [3.63, 3.8) is 0 Å². The van der Waals surface area contributed by atoms with Gasteiger partial charge in [0, 0.05) is 13.6 Å². The molecule has 0 saturated carbocycles. The Kier molecular flexibility index (Phi) is 4.86. The highest BCUT2D eigenvalue weighted by atomic mass is 32.1. The van der Waals surface area contributed by atoms with E-state index in [0.717, 1.165) is 10.4 Å². The molecule has 0 unspecified atom stereocenters. The molecule has 2 aromatic heterocycles. The number of carbonyl (C=O) groups excluding carboxylic acids is 1. The second-order valence-corrected chi connectivity index (χ2v) is 6.63. The molecule has 0 atom stereocenters. The summed E-state index contributed by atoms with van der Waals surface area (Å²) in [5, 5.41) is 8.89. The van der Waals surface area contributed by atoms with Crippen LogP contribution in [0.5, 0.6) is 0 Å².